The summed E-state index contributed by atoms with van der Waals surface area (Å²) in [6.07, 6.45) is 1.43. The topological polar surface area (TPSA) is 106 Å². The van der Waals surface area contributed by atoms with Crippen molar-refractivity contribution >= 4 is 70.1 Å². The van der Waals surface area contributed by atoms with E-state index in [1.54, 1.807) is 92.0 Å². The summed E-state index contributed by atoms with van der Waals surface area (Å²) in [5.41, 5.74) is 1.67. The van der Waals surface area contributed by atoms with Crippen LogP contribution in [0.3, 0.4) is 0 Å². The molecule has 11 heteroatoms. The van der Waals surface area contributed by atoms with E-state index in [4.69, 9.17) is 32.7 Å². The molecule has 0 atom stereocenters. The first-order valence-corrected chi connectivity index (χ1v) is 14.6. The van der Waals surface area contributed by atoms with Crippen molar-refractivity contribution in [2.75, 3.05) is 30.6 Å². The Bertz CT molecular complexity index is 1640. The Kier molecular flexibility index (Phi) is 11.1. The number of hydrogen-bond acceptors (Lipinski definition) is 6. The van der Waals surface area contributed by atoms with Crippen LogP contribution in [0.2, 0.25) is 10.0 Å². The largest absolute Gasteiger partial charge is 0.497 e. The SMILES string of the molecule is COc1ccc(NC(=O)CSc2cccc(NC(=O)/C(=C\c3c(Cl)cccc3Cl)NC(=O)c3ccccc3)c2)c(OC)c1. The molecule has 3 N–H and O–H groups in total. The highest BCUT2D eigenvalue weighted by atomic mass is 35.5. The van der Waals surface area contributed by atoms with Crippen molar-refractivity contribution < 1.29 is 23.9 Å². The number of carbonyl (C=O) groups excluding carboxylic acids is 3. The molecule has 0 bridgehead atoms. The highest BCUT2D eigenvalue weighted by molar-refractivity contribution is 8.00. The van der Waals surface area contributed by atoms with Crippen LogP contribution in [0.1, 0.15) is 15.9 Å². The van der Waals surface area contributed by atoms with Gasteiger partial charge in [0.1, 0.15) is 17.2 Å². The van der Waals surface area contributed by atoms with Crippen LogP contribution < -0.4 is 25.4 Å². The number of halogens is 2. The summed E-state index contributed by atoms with van der Waals surface area (Å²) in [5.74, 6) is -0.121. The van der Waals surface area contributed by atoms with E-state index >= 15 is 0 Å². The zero-order valence-corrected chi connectivity index (χ0v) is 25.5. The monoisotopic (exact) mass is 635 g/mol. The van der Waals surface area contributed by atoms with Crippen molar-refractivity contribution in [2.45, 2.75) is 4.90 Å². The summed E-state index contributed by atoms with van der Waals surface area (Å²) in [6.45, 7) is 0. The van der Waals surface area contributed by atoms with Gasteiger partial charge in [0.15, 0.2) is 0 Å². The van der Waals surface area contributed by atoms with Gasteiger partial charge in [-0.3, -0.25) is 14.4 Å². The minimum absolute atomic E-state index is 0.0604. The van der Waals surface area contributed by atoms with Gasteiger partial charge in [-0.15, -0.1) is 11.8 Å². The van der Waals surface area contributed by atoms with Gasteiger partial charge in [0.05, 0.1) is 25.7 Å². The van der Waals surface area contributed by atoms with Crippen LogP contribution in [0.25, 0.3) is 6.08 Å². The normalized spacial score (nSPS) is 10.9. The second-order valence-electron chi connectivity index (χ2n) is 8.90. The summed E-state index contributed by atoms with van der Waals surface area (Å²) in [5, 5.41) is 8.93. The second-order valence-corrected chi connectivity index (χ2v) is 10.8. The van der Waals surface area contributed by atoms with Gasteiger partial charge in [-0.2, -0.15) is 0 Å². The number of carbonyl (C=O) groups is 3. The van der Waals surface area contributed by atoms with E-state index in [9.17, 15) is 14.4 Å². The number of ether oxygens (including phenoxy) is 2. The molecule has 4 rings (SSSR count). The van der Waals surface area contributed by atoms with Crippen molar-refractivity contribution in [2.24, 2.45) is 0 Å². The molecule has 0 saturated heterocycles. The van der Waals surface area contributed by atoms with Gasteiger partial charge in [0.2, 0.25) is 5.91 Å². The maximum atomic E-state index is 13.4. The van der Waals surface area contributed by atoms with E-state index < -0.39 is 11.8 Å². The van der Waals surface area contributed by atoms with Gasteiger partial charge in [-0.25, -0.2) is 0 Å². The van der Waals surface area contributed by atoms with Crippen LogP contribution in [-0.4, -0.2) is 37.7 Å². The van der Waals surface area contributed by atoms with Gasteiger partial charge in [0.25, 0.3) is 11.8 Å². The molecule has 0 aliphatic rings. The summed E-state index contributed by atoms with van der Waals surface area (Å²) in [7, 11) is 3.06. The highest BCUT2D eigenvalue weighted by Crippen LogP contribution is 2.30. The van der Waals surface area contributed by atoms with Gasteiger partial charge in [-0.05, 0) is 60.7 Å². The van der Waals surface area contributed by atoms with Crippen LogP contribution in [0.5, 0.6) is 11.5 Å². The number of methoxy groups -OCH3 is 2. The molecule has 0 aliphatic carbocycles. The van der Waals surface area contributed by atoms with Crippen LogP contribution in [0, 0.1) is 0 Å². The first-order valence-electron chi connectivity index (χ1n) is 12.9. The molecule has 0 spiro atoms. The van der Waals surface area contributed by atoms with Gasteiger partial charge < -0.3 is 25.4 Å². The summed E-state index contributed by atoms with van der Waals surface area (Å²) >= 11 is 14.0. The summed E-state index contributed by atoms with van der Waals surface area (Å²) < 4.78 is 10.5. The molecule has 8 nitrogen and oxygen atoms in total. The number of anilines is 2. The predicted molar refractivity (Wildman–Crippen MR) is 172 cm³/mol. The highest BCUT2D eigenvalue weighted by Gasteiger charge is 2.17. The number of benzene rings is 4. The minimum Gasteiger partial charge on any atom is -0.497 e. The van der Waals surface area contributed by atoms with Gasteiger partial charge >= 0.3 is 0 Å². The Labute approximate surface area is 263 Å². The third kappa shape index (κ3) is 8.78. The Balaban J connectivity index is 1.47. The number of thioether (sulfide) groups is 1. The fourth-order valence-electron chi connectivity index (χ4n) is 3.83. The fourth-order valence-corrected chi connectivity index (χ4v) is 5.10. The lowest BCUT2D eigenvalue weighted by atomic mass is 10.1. The minimum atomic E-state index is -0.591. The zero-order valence-electron chi connectivity index (χ0n) is 23.2. The first kappa shape index (κ1) is 31.5. The lowest BCUT2D eigenvalue weighted by Gasteiger charge is -2.13. The van der Waals surface area contributed by atoms with E-state index in [0.717, 1.165) is 4.90 Å². The smallest absolute Gasteiger partial charge is 0.272 e. The van der Waals surface area contributed by atoms with Gasteiger partial charge in [0, 0.05) is 37.8 Å². The lowest BCUT2D eigenvalue weighted by molar-refractivity contribution is -0.114. The quantitative estimate of drug-likeness (QED) is 0.119. The lowest BCUT2D eigenvalue weighted by Crippen LogP contribution is -2.30. The van der Waals surface area contributed by atoms with E-state index in [1.807, 2.05) is 6.07 Å². The predicted octanol–water partition coefficient (Wildman–Crippen LogP) is 7.15. The molecule has 220 valence electrons. The maximum absolute atomic E-state index is 13.4. The van der Waals surface area contributed by atoms with Crippen molar-refractivity contribution in [3.05, 3.63) is 118 Å². The molecule has 0 radical (unpaired) electrons. The molecule has 0 aromatic heterocycles. The van der Waals surface area contributed by atoms with Crippen molar-refractivity contribution in [1.29, 1.82) is 0 Å². The molecular weight excluding hydrogens is 609 g/mol. The fraction of sp³-hybridized carbons (Fsp3) is 0.0938. The molecule has 43 heavy (non-hydrogen) atoms. The van der Waals surface area contributed by atoms with Gasteiger partial charge in [-0.1, -0.05) is 53.5 Å². The van der Waals surface area contributed by atoms with E-state index in [1.165, 1.54) is 24.9 Å². The number of nitrogens with one attached hydrogen (secondary N) is 3. The molecule has 3 amide bonds. The van der Waals surface area contributed by atoms with Crippen LogP contribution >= 0.6 is 35.0 Å². The number of amides is 3. The number of hydrogen-bond donors (Lipinski definition) is 3. The van der Waals surface area contributed by atoms with E-state index in [0.29, 0.717) is 44.0 Å². The van der Waals surface area contributed by atoms with Crippen LogP contribution in [-0.2, 0) is 9.59 Å². The average Bonchev–Trinajstić information content (AvgIpc) is 3.02. The Morgan fingerprint density at radius 1 is 0.814 bits per heavy atom. The molecule has 0 unspecified atom stereocenters. The zero-order chi connectivity index (χ0) is 30.8. The Morgan fingerprint density at radius 2 is 1.53 bits per heavy atom. The molecule has 4 aromatic rings. The van der Waals surface area contributed by atoms with Crippen molar-refractivity contribution in [1.82, 2.24) is 5.32 Å². The molecule has 0 fully saturated rings. The van der Waals surface area contributed by atoms with Crippen LogP contribution in [0.15, 0.2) is 102 Å². The molecule has 0 saturated carbocycles. The number of rotatable bonds is 11. The first-order chi connectivity index (χ1) is 20.8. The van der Waals surface area contributed by atoms with Crippen molar-refractivity contribution in [3.63, 3.8) is 0 Å². The molecule has 4 aromatic carbocycles. The molecule has 0 aliphatic heterocycles. The van der Waals surface area contributed by atoms with E-state index in [2.05, 4.69) is 16.0 Å². The third-order valence-electron chi connectivity index (χ3n) is 5.96. The molecule has 0 heterocycles. The third-order valence-corrected chi connectivity index (χ3v) is 7.61. The summed E-state index contributed by atoms with van der Waals surface area (Å²) in [4.78, 5) is 39.7. The van der Waals surface area contributed by atoms with Crippen LogP contribution in [0.4, 0.5) is 11.4 Å². The van der Waals surface area contributed by atoms with Crippen molar-refractivity contribution in [3.8, 4) is 11.5 Å². The summed E-state index contributed by atoms with van der Waals surface area (Å²) in [6, 6.07) is 25.5. The average molecular weight is 637 g/mol. The Hall–Kier alpha value is -4.44. The van der Waals surface area contributed by atoms with E-state index in [-0.39, 0.29) is 17.4 Å². The standard InChI is InChI=1S/C32H27Cl2N3O5S/c1-41-22-14-15-27(29(17-22)42-2)36-30(38)19-43-23-11-6-10-21(16-23)35-32(40)28(18-24-25(33)12-7-13-26(24)34)37-31(39)20-8-4-3-5-9-20/h3-18H,19H2,1-2H3,(H,35,40)(H,36,38)(H,37,39)/b28-18+. The second kappa shape index (κ2) is 15.2. The maximum Gasteiger partial charge on any atom is 0.272 e. The Morgan fingerprint density at radius 3 is 2.23 bits per heavy atom. The molecular formula is C32H27Cl2N3O5S.